The van der Waals surface area contributed by atoms with Crippen LogP contribution in [0.4, 0.5) is 0 Å². The van der Waals surface area contributed by atoms with Gasteiger partial charge in [-0.1, -0.05) is 34.6 Å². The van der Waals surface area contributed by atoms with E-state index in [4.69, 9.17) is 0 Å². The summed E-state index contributed by atoms with van der Waals surface area (Å²) in [5.74, 6) is 0.771. The predicted octanol–water partition coefficient (Wildman–Crippen LogP) is 2.62. The molecule has 0 aromatic heterocycles. The molecule has 0 spiro atoms. The average Bonchev–Trinajstić information content (AvgIpc) is 1.85. The molecule has 0 fully saturated rings. The van der Waals surface area contributed by atoms with Crippen molar-refractivity contribution in [2.45, 2.75) is 34.6 Å². The van der Waals surface area contributed by atoms with E-state index in [1.54, 1.807) is 0 Å². The summed E-state index contributed by atoms with van der Waals surface area (Å²) in [5.41, 5.74) is 0.448. The summed E-state index contributed by atoms with van der Waals surface area (Å²) < 4.78 is 0. The molecule has 0 aromatic carbocycles. The number of hydrogen-bond acceptors (Lipinski definition) is 1. The molecule has 0 saturated carbocycles. The Labute approximate surface area is 71.8 Å². The van der Waals surface area contributed by atoms with E-state index in [9.17, 15) is 0 Å². The van der Waals surface area contributed by atoms with Gasteiger partial charge in [0.05, 0.1) is 0 Å². The van der Waals surface area contributed by atoms with Crippen LogP contribution in [0.1, 0.15) is 34.6 Å². The summed E-state index contributed by atoms with van der Waals surface area (Å²) in [6, 6.07) is 0. The minimum Gasteiger partial charge on any atom is -0.306 e. The van der Waals surface area contributed by atoms with Gasteiger partial charge in [0, 0.05) is 6.54 Å². The van der Waals surface area contributed by atoms with Crippen molar-refractivity contribution in [3.05, 3.63) is 0 Å². The van der Waals surface area contributed by atoms with Crippen LogP contribution in [0.25, 0.3) is 0 Å². The average molecular weight is 157 g/mol. The minimum atomic E-state index is 0.448. The molecule has 0 radical (unpaired) electrons. The lowest BCUT2D eigenvalue weighted by atomic mass is 9.82. The molecule has 0 amide bonds. The minimum absolute atomic E-state index is 0.448. The molecule has 0 unspecified atom stereocenters. The van der Waals surface area contributed by atoms with Crippen molar-refractivity contribution in [3.63, 3.8) is 0 Å². The number of hydrogen-bond donors (Lipinski definition) is 0. The maximum Gasteiger partial charge on any atom is 0.000885 e. The van der Waals surface area contributed by atoms with Crippen LogP contribution in [0, 0.1) is 11.3 Å². The molecule has 11 heavy (non-hydrogen) atoms. The Morgan fingerprint density at radius 3 is 2.00 bits per heavy atom. The van der Waals surface area contributed by atoms with Crippen molar-refractivity contribution < 1.29 is 0 Å². The fourth-order valence-electron chi connectivity index (χ4n) is 0.870. The van der Waals surface area contributed by atoms with E-state index in [0.717, 1.165) is 12.5 Å². The maximum atomic E-state index is 2.37. The molecular weight excluding hydrogens is 134 g/mol. The highest BCUT2D eigenvalue weighted by atomic mass is 15.1. The first-order valence-corrected chi connectivity index (χ1v) is 4.56. The van der Waals surface area contributed by atoms with E-state index >= 15 is 0 Å². The third-order valence-electron chi connectivity index (χ3n) is 2.60. The van der Waals surface area contributed by atoms with Gasteiger partial charge >= 0.3 is 0 Å². The molecule has 68 valence electrons. The number of rotatable bonds is 3. The quantitative estimate of drug-likeness (QED) is 0.608. The van der Waals surface area contributed by atoms with E-state index in [1.165, 1.54) is 6.54 Å². The van der Waals surface area contributed by atoms with Crippen molar-refractivity contribution in [3.8, 4) is 0 Å². The second-order valence-electron chi connectivity index (χ2n) is 4.62. The molecule has 0 saturated heterocycles. The molecule has 1 atom stereocenters. The third-order valence-corrected chi connectivity index (χ3v) is 2.60. The summed E-state index contributed by atoms with van der Waals surface area (Å²) >= 11 is 0. The fraction of sp³-hybridized carbons (Fsp3) is 1.00. The van der Waals surface area contributed by atoms with Crippen LogP contribution in [0.15, 0.2) is 0 Å². The van der Waals surface area contributed by atoms with Crippen molar-refractivity contribution in [1.29, 1.82) is 0 Å². The van der Waals surface area contributed by atoms with E-state index in [-0.39, 0.29) is 0 Å². The SMILES string of the molecule is CCN(C)C[C@@H](C)C(C)(C)C. The van der Waals surface area contributed by atoms with Crippen LogP contribution in [-0.4, -0.2) is 25.0 Å². The Kier molecular flexibility index (Phi) is 4.09. The molecule has 0 N–H and O–H groups in total. The van der Waals surface area contributed by atoms with Crippen LogP contribution in [-0.2, 0) is 0 Å². The zero-order valence-corrected chi connectivity index (χ0v) is 8.94. The first-order chi connectivity index (χ1) is 4.88. The Bertz CT molecular complexity index is 102. The van der Waals surface area contributed by atoms with Gasteiger partial charge in [-0.15, -0.1) is 0 Å². The first kappa shape index (κ1) is 11.0. The van der Waals surface area contributed by atoms with Crippen LogP contribution in [0.3, 0.4) is 0 Å². The van der Waals surface area contributed by atoms with Gasteiger partial charge in [0.15, 0.2) is 0 Å². The van der Waals surface area contributed by atoms with Gasteiger partial charge in [-0.3, -0.25) is 0 Å². The van der Waals surface area contributed by atoms with Gasteiger partial charge < -0.3 is 4.90 Å². The van der Waals surface area contributed by atoms with E-state index < -0.39 is 0 Å². The molecule has 0 aliphatic heterocycles. The van der Waals surface area contributed by atoms with E-state index in [1.807, 2.05) is 0 Å². The topological polar surface area (TPSA) is 3.24 Å². The second kappa shape index (κ2) is 4.10. The molecule has 0 rings (SSSR count). The highest BCUT2D eigenvalue weighted by Crippen LogP contribution is 2.25. The standard InChI is InChI=1S/C10H23N/c1-7-11(6)8-9(2)10(3,4)5/h9H,7-8H2,1-6H3/t9-/m1/s1. The van der Waals surface area contributed by atoms with Gasteiger partial charge in [0.1, 0.15) is 0 Å². The normalized spacial score (nSPS) is 15.5. The number of nitrogens with zero attached hydrogens (tertiary/aromatic N) is 1. The van der Waals surface area contributed by atoms with Crippen LogP contribution >= 0.6 is 0 Å². The summed E-state index contributed by atoms with van der Waals surface area (Å²) in [5, 5.41) is 0. The van der Waals surface area contributed by atoms with Gasteiger partial charge in [0.25, 0.3) is 0 Å². The molecule has 0 aliphatic carbocycles. The van der Waals surface area contributed by atoms with Gasteiger partial charge in [-0.05, 0) is 24.9 Å². The largest absolute Gasteiger partial charge is 0.306 e. The lowest BCUT2D eigenvalue weighted by Gasteiger charge is -2.30. The van der Waals surface area contributed by atoms with Crippen molar-refractivity contribution in [2.75, 3.05) is 20.1 Å². The maximum absolute atomic E-state index is 2.37. The second-order valence-corrected chi connectivity index (χ2v) is 4.62. The highest BCUT2D eigenvalue weighted by Gasteiger charge is 2.20. The lowest BCUT2D eigenvalue weighted by Crippen LogP contribution is -2.31. The first-order valence-electron chi connectivity index (χ1n) is 4.56. The van der Waals surface area contributed by atoms with Crippen LogP contribution in [0.2, 0.25) is 0 Å². The molecule has 0 heterocycles. The monoisotopic (exact) mass is 157 g/mol. The Balaban J connectivity index is 3.77. The van der Waals surface area contributed by atoms with E-state index in [2.05, 4.69) is 46.6 Å². The molecule has 0 aromatic rings. The molecule has 1 heteroatoms. The Morgan fingerprint density at radius 2 is 1.73 bits per heavy atom. The van der Waals surface area contributed by atoms with Gasteiger partial charge in [0.2, 0.25) is 0 Å². The summed E-state index contributed by atoms with van der Waals surface area (Å²) in [6.07, 6.45) is 0. The highest BCUT2D eigenvalue weighted by molar-refractivity contribution is 4.71. The van der Waals surface area contributed by atoms with Gasteiger partial charge in [-0.2, -0.15) is 0 Å². The molecule has 1 nitrogen and oxygen atoms in total. The summed E-state index contributed by atoms with van der Waals surface area (Å²) in [6.45, 7) is 13.8. The van der Waals surface area contributed by atoms with Crippen molar-refractivity contribution in [1.82, 2.24) is 4.90 Å². The third kappa shape index (κ3) is 4.41. The zero-order chi connectivity index (χ0) is 9.07. The molecular formula is C10H23N. The van der Waals surface area contributed by atoms with Crippen LogP contribution in [0.5, 0.6) is 0 Å². The van der Waals surface area contributed by atoms with Crippen molar-refractivity contribution >= 4 is 0 Å². The smallest absolute Gasteiger partial charge is 0.000885 e. The van der Waals surface area contributed by atoms with Crippen molar-refractivity contribution in [2.24, 2.45) is 11.3 Å². The Hall–Kier alpha value is -0.0400. The van der Waals surface area contributed by atoms with Gasteiger partial charge in [-0.25, -0.2) is 0 Å². The predicted molar refractivity (Wildman–Crippen MR) is 51.8 cm³/mol. The molecule has 0 bridgehead atoms. The summed E-state index contributed by atoms with van der Waals surface area (Å²) in [7, 11) is 2.18. The van der Waals surface area contributed by atoms with Crippen LogP contribution < -0.4 is 0 Å². The molecule has 0 aliphatic rings. The summed E-state index contributed by atoms with van der Waals surface area (Å²) in [4.78, 5) is 2.37. The Morgan fingerprint density at radius 1 is 1.27 bits per heavy atom. The fourth-order valence-corrected chi connectivity index (χ4v) is 0.870. The zero-order valence-electron chi connectivity index (χ0n) is 8.94. The van der Waals surface area contributed by atoms with E-state index in [0.29, 0.717) is 5.41 Å². The lowest BCUT2D eigenvalue weighted by molar-refractivity contribution is 0.188.